The molecule has 1 N–H and O–H groups in total. The van der Waals surface area contributed by atoms with Crippen LogP contribution in [-0.2, 0) is 0 Å². The molecule has 1 aromatic carbocycles. The average molecular weight is 311 g/mol. The lowest BCUT2D eigenvalue weighted by Crippen LogP contribution is -2.14. The van der Waals surface area contributed by atoms with Gasteiger partial charge in [-0.25, -0.2) is 4.98 Å². The molecule has 3 rings (SSSR count). The van der Waals surface area contributed by atoms with Crippen LogP contribution in [0.15, 0.2) is 45.1 Å². The van der Waals surface area contributed by atoms with E-state index in [-0.39, 0.29) is 5.56 Å². The summed E-state index contributed by atoms with van der Waals surface area (Å²) in [5, 5.41) is 13.4. The van der Waals surface area contributed by atoms with Crippen LogP contribution in [0.1, 0.15) is 5.56 Å². The summed E-state index contributed by atoms with van der Waals surface area (Å²) >= 11 is 1.30. The van der Waals surface area contributed by atoms with Crippen molar-refractivity contribution in [2.45, 2.75) is 5.16 Å². The second kappa shape index (κ2) is 5.83. The summed E-state index contributed by atoms with van der Waals surface area (Å²) in [4.78, 5) is 22.8. The first-order valence-corrected chi connectivity index (χ1v) is 7.41. The average Bonchev–Trinajstić information content (AvgIpc) is 3.08. The molecule has 0 amide bonds. The second-order valence-electron chi connectivity index (χ2n) is 4.25. The Kier molecular flexibility index (Phi) is 3.72. The number of nitrogens with zero attached hydrogens (tertiary/aromatic N) is 4. The van der Waals surface area contributed by atoms with Gasteiger partial charge in [-0.2, -0.15) is 10.2 Å². The minimum atomic E-state index is -0.457. The van der Waals surface area contributed by atoms with Crippen LogP contribution >= 0.6 is 11.8 Å². The van der Waals surface area contributed by atoms with E-state index in [1.54, 1.807) is 24.5 Å². The van der Waals surface area contributed by atoms with Gasteiger partial charge in [0.15, 0.2) is 5.16 Å². The van der Waals surface area contributed by atoms with Gasteiger partial charge in [-0.05, 0) is 12.3 Å². The van der Waals surface area contributed by atoms with Gasteiger partial charge in [0.2, 0.25) is 12.2 Å². The number of H-pyrrole nitrogens is 1. The van der Waals surface area contributed by atoms with Gasteiger partial charge in [0.25, 0.3) is 5.56 Å². The first kappa shape index (κ1) is 14.0. The van der Waals surface area contributed by atoms with E-state index in [0.717, 1.165) is 0 Å². The molecule has 0 saturated heterocycles. The number of hydrogen-bond donors (Lipinski definition) is 1. The fourth-order valence-electron chi connectivity index (χ4n) is 1.97. The third-order valence-corrected chi connectivity index (χ3v) is 3.54. The van der Waals surface area contributed by atoms with E-state index in [1.807, 2.05) is 12.1 Å². The Morgan fingerprint density at radius 1 is 1.36 bits per heavy atom. The number of rotatable bonds is 3. The number of hydrogen-bond acceptors (Lipinski definition) is 7. The molecule has 8 heteroatoms. The van der Waals surface area contributed by atoms with Crippen LogP contribution in [0.5, 0.6) is 0 Å². The molecule has 0 atom stereocenters. The van der Waals surface area contributed by atoms with Crippen molar-refractivity contribution in [2.75, 3.05) is 6.26 Å². The summed E-state index contributed by atoms with van der Waals surface area (Å²) in [7, 11) is 0. The molecule has 2 heterocycles. The van der Waals surface area contributed by atoms with Crippen LogP contribution in [0.4, 0.5) is 0 Å². The van der Waals surface area contributed by atoms with E-state index in [4.69, 9.17) is 4.52 Å². The van der Waals surface area contributed by atoms with Crippen molar-refractivity contribution in [3.05, 3.63) is 46.6 Å². The van der Waals surface area contributed by atoms with E-state index in [9.17, 15) is 10.1 Å². The highest BCUT2D eigenvalue weighted by molar-refractivity contribution is 7.98. The molecule has 108 valence electrons. The zero-order valence-electron chi connectivity index (χ0n) is 11.4. The van der Waals surface area contributed by atoms with Crippen molar-refractivity contribution in [2.24, 2.45) is 0 Å². The van der Waals surface area contributed by atoms with Gasteiger partial charge in [-0.3, -0.25) is 4.79 Å². The van der Waals surface area contributed by atoms with Gasteiger partial charge < -0.3 is 9.51 Å². The zero-order valence-corrected chi connectivity index (χ0v) is 12.2. The third-order valence-electron chi connectivity index (χ3n) is 2.96. The quantitative estimate of drug-likeness (QED) is 0.582. The summed E-state index contributed by atoms with van der Waals surface area (Å²) in [6, 6.07) is 9.03. The first-order valence-electron chi connectivity index (χ1n) is 6.18. The summed E-state index contributed by atoms with van der Waals surface area (Å²) < 4.78 is 4.73. The van der Waals surface area contributed by atoms with Crippen LogP contribution in [0.2, 0.25) is 0 Å². The van der Waals surface area contributed by atoms with Gasteiger partial charge in [-0.15, -0.1) is 0 Å². The Labute approximate surface area is 129 Å². The van der Waals surface area contributed by atoms with Crippen molar-refractivity contribution in [3.63, 3.8) is 0 Å². The second-order valence-corrected chi connectivity index (χ2v) is 5.04. The van der Waals surface area contributed by atoms with Crippen LogP contribution in [-0.4, -0.2) is 26.4 Å². The fourth-order valence-corrected chi connectivity index (χ4v) is 2.34. The van der Waals surface area contributed by atoms with E-state index < -0.39 is 5.56 Å². The molecule has 2 aromatic heterocycles. The minimum absolute atomic E-state index is 0.0249. The molecule has 0 radical (unpaired) electrons. The maximum atomic E-state index is 12.0. The Bertz CT molecular complexity index is 912. The molecule has 3 aromatic rings. The van der Waals surface area contributed by atoms with Crippen molar-refractivity contribution in [3.8, 4) is 28.7 Å². The highest BCUT2D eigenvalue weighted by atomic mass is 32.2. The predicted octanol–water partition coefficient (Wildman–Crippen LogP) is 2.08. The minimum Gasteiger partial charge on any atom is -0.342 e. The Balaban J connectivity index is 2.20. The van der Waals surface area contributed by atoms with E-state index >= 15 is 0 Å². The van der Waals surface area contributed by atoms with Crippen LogP contribution < -0.4 is 5.56 Å². The van der Waals surface area contributed by atoms with E-state index in [2.05, 4.69) is 20.1 Å². The van der Waals surface area contributed by atoms with E-state index in [1.165, 1.54) is 18.2 Å². The molecule has 22 heavy (non-hydrogen) atoms. The molecule has 0 aliphatic rings. The number of nitrogens with one attached hydrogen (secondary N) is 1. The number of aromatic amines is 1. The van der Waals surface area contributed by atoms with Crippen molar-refractivity contribution >= 4 is 11.8 Å². The Morgan fingerprint density at radius 2 is 2.18 bits per heavy atom. The normalized spacial score (nSPS) is 10.4. The van der Waals surface area contributed by atoms with Crippen molar-refractivity contribution in [1.82, 2.24) is 20.1 Å². The molecule has 0 aliphatic carbocycles. The van der Waals surface area contributed by atoms with Gasteiger partial charge in [0.1, 0.15) is 11.6 Å². The van der Waals surface area contributed by atoms with Gasteiger partial charge >= 0.3 is 0 Å². The summed E-state index contributed by atoms with van der Waals surface area (Å²) in [6.07, 6.45) is 3.03. The van der Waals surface area contributed by atoms with Gasteiger partial charge in [0.05, 0.1) is 5.69 Å². The number of nitriles is 1. The third kappa shape index (κ3) is 2.49. The molecule has 0 unspecified atom stereocenters. The van der Waals surface area contributed by atoms with Crippen LogP contribution in [0, 0.1) is 11.3 Å². The molecular weight excluding hydrogens is 302 g/mol. The lowest BCUT2D eigenvalue weighted by atomic mass is 10.0. The van der Waals surface area contributed by atoms with Crippen LogP contribution in [0.25, 0.3) is 22.6 Å². The SMILES string of the molecule is CSc1nc(-c2cccc(-c3ncon3)c2)c(C#N)c(=O)[nH]1. The van der Waals surface area contributed by atoms with Crippen LogP contribution in [0.3, 0.4) is 0 Å². The van der Waals surface area contributed by atoms with Crippen molar-refractivity contribution in [1.29, 1.82) is 5.26 Å². The van der Waals surface area contributed by atoms with Gasteiger partial charge in [-0.1, -0.05) is 35.1 Å². The summed E-state index contributed by atoms with van der Waals surface area (Å²) in [5.41, 5.74) is 1.20. The molecule has 0 saturated carbocycles. The smallest absolute Gasteiger partial charge is 0.270 e. The maximum absolute atomic E-state index is 12.0. The lowest BCUT2D eigenvalue weighted by molar-refractivity contribution is 0.419. The topological polar surface area (TPSA) is 108 Å². The molecule has 0 aliphatic heterocycles. The van der Waals surface area contributed by atoms with Crippen molar-refractivity contribution < 1.29 is 4.52 Å². The maximum Gasteiger partial charge on any atom is 0.270 e. The summed E-state index contributed by atoms with van der Waals surface area (Å²) in [6.45, 7) is 0. The largest absolute Gasteiger partial charge is 0.342 e. The Morgan fingerprint density at radius 3 is 2.86 bits per heavy atom. The summed E-state index contributed by atoms with van der Waals surface area (Å²) in [5.74, 6) is 0.426. The number of aromatic nitrogens is 4. The predicted molar refractivity (Wildman–Crippen MR) is 80.1 cm³/mol. The van der Waals surface area contributed by atoms with E-state index in [0.29, 0.717) is 27.8 Å². The molecular formula is C14H9N5O2S. The monoisotopic (exact) mass is 311 g/mol. The number of benzene rings is 1. The molecule has 0 fully saturated rings. The molecule has 7 nitrogen and oxygen atoms in total. The standard InChI is InChI=1S/C14H9N5O2S/c1-22-14-17-11(10(6-15)13(20)18-14)8-3-2-4-9(5-8)12-16-7-21-19-12/h2-5,7H,1H3,(H,17,18,20). The number of thioether (sulfide) groups is 1. The highest BCUT2D eigenvalue weighted by Crippen LogP contribution is 2.25. The first-order chi connectivity index (χ1) is 10.7. The molecule has 0 bridgehead atoms. The highest BCUT2D eigenvalue weighted by Gasteiger charge is 2.14. The van der Waals surface area contributed by atoms with Gasteiger partial charge in [0, 0.05) is 11.1 Å². The Hall–Kier alpha value is -2.92. The lowest BCUT2D eigenvalue weighted by Gasteiger charge is -2.06. The molecule has 0 spiro atoms. The zero-order chi connectivity index (χ0) is 15.5. The fraction of sp³-hybridized carbons (Fsp3) is 0.0714.